The third kappa shape index (κ3) is 5.84. The molecule has 5 nitrogen and oxygen atoms in total. The predicted molar refractivity (Wildman–Crippen MR) is 106 cm³/mol. The largest absolute Gasteiger partial charge is 0.355 e. The Balaban J connectivity index is 1.40. The lowest BCUT2D eigenvalue weighted by Gasteiger charge is -2.02. The summed E-state index contributed by atoms with van der Waals surface area (Å²) in [6.45, 7) is 2.71. The lowest BCUT2D eigenvalue weighted by atomic mass is 10.2. The Hall–Kier alpha value is -1.90. The number of nitrogens with one attached hydrogen (secondary N) is 2. The molecule has 0 radical (unpaired) electrons. The second-order valence-corrected chi connectivity index (χ2v) is 8.56. The van der Waals surface area contributed by atoms with Crippen molar-refractivity contribution in [2.75, 3.05) is 17.6 Å². The predicted octanol–water partition coefficient (Wildman–Crippen LogP) is 4.10. The van der Waals surface area contributed by atoms with Crippen molar-refractivity contribution in [2.45, 2.75) is 17.7 Å². The van der Waals surface area contributed by atoms with Crippen molar-refractivity contribution in [1.82, 2.24) is 15.5 Å². The number of thioether (sulfide) groups is 1. The Morgan fingerprint density at radius 1 is 1.20 bits per heavy atom. The molecule has 0 fully saturated rings. The first kappa shape index (κ1) is 17.9. The summed E-state index contributed by atoms with van der Waals surface area (Å²) >= 11 is 4.56. The molecular formula is C17H18N4OS3. The number of amides is 1. The Labute approximate surface area is 158 Å². The van der Waals surface area contributed by atoms with Crippen LogP contribution in [-0.4, -0.2) is 28.4 Å². The number of nitrogens with zero attached hydrogens (tertiary/aromatic N) is 2. The van der Waals surface area contributed by atoms with Crippen LogP contribution in [0.5, 0.6) is 0 Å². The van der Waals surface area contributed by atoms with Crippen LogP contribution in [0.3, 0.4) is 0 Å². The highest BCUT2D eigenvalue weighted by Gasteiger charge is 2.08. The van der Waals surface area contributed by atoms with E-state index in [4.69, 9.17) is 0 Å². The van der Waals surface area contributed by atoms with Crippen LogP contribution in [0.25, 0.3) is 0 Å². The highest BCUT2D eigenvalue weighted by molar-refractivity contribution is 8.01. The van der Waals surface area contributed by atoms with Gasteiger partial charge < -0.3 is 10.6 Å². The number of carbonyl (C=O) groups is 1. The van der Waals surface area contributed by atoms with E-state index in [9.17, 15) is 4.79 Å². The van der Waals surface area contributed by atoms with Crippen LogP contribution in [0, 0.1) is 6.92 Å². The molecule has 0 saturated carbocycles. The minimum absolute atomic E-state index is 0.0183. The van der Waals surface area contributed by atoms with Gasteiger partial charge in [0.15, 0.2) is 4.34 Å². The maximum absolute atomic E-state index is 11.9. The number of thiophene rings is 1. The van der Waals surface area contributed by atoms with Gasteiger partial charge in [-0.1, -0.05) is 46.9 Å². The second kappa shape index (κ2) is 8.98. The number of benzene rings is 1. The Morgan fingerprint density at radius 3 is 2.80 bits per heavy atom. The van der Waals surface area contributed by atoms with Crippen LogP contribution in [0.4, 0.5) is 10.8 Å². The van der Waals surface area contributed by atoms with Gasteiger partial charge >= 0.3 is 0 Å². The maximum Gasteiger partial charge on any atom is 0.230 e. The highest BCUT2D eigenvalue weighted by Crippen LogP contribution is 2.27. The average Bonchev–Trinajstić information content (AvgIpc) is 3.27. The van der Waals surface area contributed by atoms with Crippen molar-refractivity contribution in [1.29, 1.82) is 0 Å². The van der Waals surface area contributed by atoms with Gasteiger partial charge in [0.05, 0.1) is 5.75 Å². The zero-order valence-electron chi connectivity index (χ0n) is 13.7. The van der Waals surface area contributed by atoms with E-state index >= 15 is 0 Å². The molecule has 0 aliphatic carbocycles. The number of aromatic nitrogens is 2. The molecule has 3 aromatic rings. The van der Waals surface area contributed by atoms with Gasteiger partial charge in [0.1, 0.15) is 0 Å². The summed E-state index contributed by atoms with van der Waals surface area (Å²) in [5, 5.41) is 17.2. The molecule has 0 aliphatic heterocycles. The molecule has 0 unspecified atom stereocenters. The van der Waals surface area contributed by atoms with Crippen molar-refractivity contribution in [2.24, 2.45) is 0 Å². The average molecular weight is 391 g/mol. The summed E-state index contributed by atoms with van der Waals surface area (Å²) in [6.07, 6.45) is 0.873. The SMILES string of the molecule is Cc1ccc(Nc2nnc(SCC(=O)NCCc3cccs3)s2)cc1. The van der Waals surface area contributed by atoms with Gasteiger partial charge in [0.2, 0.25) is 11.0 Å². The topological polar surface area (TPSA) is 66.9 Å². The zero-order valence-corrected chi connectivity index (χ0v) is 16.1. The first-order valence-electron chi connectivity index (χ1n) is 7.78. The van der Waals surface area contributed by atoms with Crippen molar-refractivity contribution >= 4 is 51.2 Å². The van der Waals surface area contributed by atoms with Crippen molar-refractivity contribution in [3.05, 3.63) is 52.2 Å². The highest BCUT2D eigenvalue weighted by atomic mass is 32.2. The van der Waals surface area contributed by atoms with Gasteiger partial charge in [-0.3, -0.25) is 4.79 Å². The smallest absolute Gasteiger partial charge is 0.230 e. The van der Waals surface area contributed by atoms with Crippen LogP contribution >= 0.6 is 34.4 Å². The number of anilines is 2. The van der Waals surface area contributed by atoms with Gasteiger partial charge in [-0.2, -0.15) is 0 Å². The first-order valence-corrected chi connectivity index (χ1v) is 10.5. The van der Waals surface area contributed by atoms with E-state index in [1.165, 1.54) is 33.5 Å². The van der Waals surface area contributed by atoms with Crippen LogP contribution in [0.1, 0.15) is 10.4 Å². The number of carbonyl (C=O) groups excluding carboxylic acids is 1. The summed E-state index contributed by atoms with van der Waals surface area (Å²) in [7, 11) is 0. The maximum atomic E-state index is 11.9. The lowest BCUT2D eigenvalue weighted by Crippen LogP contribution is -2.27. The molecule has 2 aromatic heterocycles. The van der Waals surface area contributed by atoms with Crippen LogP contribution < -0.4 is 10.6 Å². The van der Waals surface area contributed by atoms with Crippen LogP contribution in [0.15, 0.2) is 46.1 Å². The van der Waals surface area contributed by atoms with E-state index < -0.39 is 0 Å². The van der Waals surface area contributed by atoms with Crippen molar-refractivity contribution < 1.29 is 4.79 Å². The lowest BCUT2D eigenvalue weighted by molar-refractivity contribution is -0.118. The fraction of sp³-hybridized carbons (Fsp3) is 0.235. The minimum atomic E-state index is 0.0183. The summed E-state index contributed by atoms with van der Waals surface area (Å²) in [6, 6.07) is 12.2. The molecule has 2 N–H and O–H groups in total. The molecule has 0 bridgehead atoms. The molecule has 8 heteroatoms. The fourth-order valence-electron chi connectivity index (χ4n) is 2.04. The van der Waals surface area contributed by atoms with Crippen LogP contribution in [0.2, 0.25) is 0 Å². The van der Waals surface area contributed by atoms with Crippen molar-refractivity contribution in [3.63, 3.8) is 0 Å². The van der Waals surface area contributed by atoms with Gasteiger partial charge in [-0.15, -0.1) is 21.5 Å². The Kier molecular flexibility index (Phi) is 6.43. The third-order valence-electron chi connectivity index (χ3n) is 3.31. The quantitative estimate of drug-likeness (QED) is 0.567. The molecule has 130 valence electrons. The third-order valence-corrected chi connectivity index (χ3v) is 6.22. The molecule has 25 heavy (non-hydrogen) atoms. The summed E-state index contributed by atoms with van der Waals surface area (Å²) in [5.41, 5.74) is 2.19. The number of aryl methyl sites for hydroxylation is 1. The molecule has 0 atom stereocenters. The van der Waals surface area contributed by atoms with E-state index in [-0.39, 0.29) is 5.91 Å². The molecule has 0 aliphatic rings. The monoisotopic (exact) mass is 390 g/mol. The zero-order chi connectivity index (χ0) is 17.5. The van der Waals surface area contributed by atoms with Gasteiger partial charge in [-0.25, -0.2) is 0 Å². The molecule has 2 heterocycles. The number of hydrogen-bond donors (Lipinski definition) is 2. The van der Waals surface area contributed by atoms with E-state index in [1.807, 2.05) is 35.7 Å². The van der Waals surface area contributed by atoms with Gasteiger partial charge in [0, 0.05) is 17.1 Å². The molecule has 1 amide bonds. The molecular weight excluding hydrogens is 372 g/mol. The Morgan fingerprint density at radius 2 is 2.04 bits per heavy atom. The summed E-state index contributed by atoms with van der Waals surface area (Å²) in [5.74, 6) is 0.369. The van der Waals surface area contributed by atoms with Crippen molar-refractivity contribution in [3.8, 4) is 0 Å². The summed E-state index contributed by atoms with van der Waals surface area (Å²) < 4.78 is 0.781. The van der Waals surface area contributed by atoms with E-state index in [0.29, 0.717) is 12.3 Å². The fourth-order valence-corrected chi connectivity index (χ4v) is 4.35. The standard InChI is InChI=1S/C17H18N4OS3/c1-12-4-6-13(7-5-12)19-16-20-21-17(25-16)24-11-15(22)18-9-8-14-3-2-10-23-14/h2-7,10H,8-9,11H2,1H3,(H,18,22)(H,19,20). The summed E-state index contributed by atoms with van der Waals surface area (Å²) in [4.78, 5) is 13.2. The van der Waals surface area contributed by atoms with E-state index in [2.05, 4.69) is 33.8 Å². The molecule has 0 spiro atoms. The second-order valence-electron chi connectivity index (χ2n) is 5.33. The molecule has 3 rings (SSSR count). The van der Waals surface area contributed by atoms with Crippen LogP contribution in [-0.2, 0) is 11.2 Å². The molecule has 0 saturated heterocycles. The molecule has 1 aromatic carbocycles. The number of hydrogen-bond acceptors (Lipinski definition) is 7. The van der Waals surface area contributed by atoms with Gasteiger partial charge in [0.25, 0.3) is 0 Å². The normalized spacial score (nSPS) is 10.6. The van der Waals surface area contributed by atoms with E-state index in [1.54, 1.807) is 11.3 Å². The number of rotatable bonds is 8. The first-order chi connectivity index (χ1) is 12.2. The van der Waals surface area contributed by atoms with Gasteiger partial charge in [-0.05, 0) is 36.9 Å². The Bertz CT molecular complexity index is 800. The minimum Gasteiger partial charge on any atom is -0.355 e. The van der Waals surface area contributed by atoms with E-state index in [0.717, 1.165) is 21.6 Å².